The van der Waals surface area contributed by atoms with Crippen LogP contribution in [0.1, 0.15) is 16.6 Å². The van der Waals surface area contributed by atoms with E-state index in [2.05, 4.69) is 21.5 Å². The second kappa shape index (κ2) is 5.28. The van der Waals surface area contributed by atoms with Gasteiger partial charge in [0.2, 0.25) is 5.89 Å². The number of nitrogens with one attached hydrogen (secondary N) is 1. The molecule has 1 aromatic carbocycles. The molecule has 6 heteroatoms. The highest BCUT2D eigenvalue weighted by Gasteiger charge is 2.09. The van der Waals surface area contributed by atoms with E-state index < -0.39 is 0 Å². The molecule has 19 heavy (non-hydrogen) atoms. The van der Waals surface area contributed by atoms with Gasteiger partial charge in [0.25, 0.3) is 0 Å². The lowest BCUT2D eigenvalue weighted by Crippen LogP contribution is -2.13. The number of hydrogen-bond acceptors (Lipinski definition) is 5. The lowest BCUT2D eigenvalue weighted by Gasteiger charge is -1.99. The van der Waals surface area contributed by atoms with Gasteiger partial charge in [0, 0.05) is 28.4 Å². The van der Waals surface area contributed by atoms with Crippen molar-refractivity contribution in [2.45, 2.75) is 20.0 Å². The molecule has 4 nitrogen and oxygen atoms in total. The van der Waals surface area contributed by atoms with Crippen LogP contribution in [-0.2, 0) is 13.1 Å². The first-order valence-electron chi connectivity index (χ1n) is 5.90. The van der Waals surface area contributed by atoms with Crippen molar-refractivity contribution in [3.05, 3.63) is 45.9 Å². The summed E-state index contributed by atoms with van der Waals surface area (Å²) in [5, 5.41) is 9.05. The molecule has 0 atom stereocenters. The fourth-order valence-corrected chi connectivity index (χ4v) is 3.35. The molecular formula is C13H12ClN3OS. The zero-order valence-corrected chi connectivity index (χ0v) is 11.9. The minimum absolute atomic E-state index is 0.571. The summed E-state index contributed by atoms with van der Waals surface area (Å²) in [6, 6.07) is 8.15. The Hall–Kier alpha value is -1.43. The standard InChI is InChI=1S/C13H12ClN3OS/c1-8-16-12(17-18-8)7-15-6-11-13(14)9-4-2-3-5-10(9)19-11/h2-5,15H,6-7H2,1H3. The first kappa shape index (κ1) is 12.6. The summed E-state index contributed by atoms with van der Waals surface area (Å²) in [6.07, 6.45) is 0. The van der Waals surface area contributed by atoms with Gasteiger partial charge >= 0.3 is 0 Å². The molecule has 0 fully saturated rings. The quantitative estimate of drug-likeness (QED) is 0.799. The van der Waals surface area contributed by atoms with E-state index in [0.29, 0.717) is 24.8 Å². The summed E-state index contributed by atoms with van der Waals surface area (Å²) >= 11 is 8.07. The van der Waals surface area contributed by atoms with Crippen LogP contribution in [0.3, 0.4) is 0 Å². The van der Waals surface area contributed by atoms with Crippen molar-refractivity contribution in [2.75, 3.05) is 0 Å². The molecule has 0 aliphatic heterocycles. The van der Waals surface area contributed by atoms with Crippen LogP contribution in [-0.4, -0.2) is 10.1 Å². The molecule has 0 aliphatic carbocycles. The Labute approximate surface area is 119 Å². The van der Waals surface area contributed by atoms with Crippen molar-refractivity contribution in [3.63, 3.8) is 0 Å². The average molecular weight is 294 g/mol. The number of hydrogen-bond donors (Lipinski definition) is 1. The molecule has 0 bridgehead atoms. The number of thiophene rings is 1. The van der Waals surface area contributed by atoms with Gasteiger partial charge in [-0.05, 0) is 6.07 Å². The van der Waals surface area contributed by atoms with Gasteiger partial charge in [-0.15, -0.1) is 11.3 Å². The lowest BCUT2D eigenvalue weighted by molar-refractivity contribution is 0.385. The first-order valence-corrected chi connectivity index (χ1v) is 7.09. The lowest BCUT2D eigenvalue weighted by atomic mass is 10.2. The second-order valence-electron chi connectivity index (χ2n) is 4.17. The smallest absolute Gasteiger partial charge is 0.223 e. The molecule has 1 N–H and O–H groups in total. The van der Waals surface area contributed by atoms with Crippen LogP contribution < -0.4 is 5.32 Å². The summed E-state index contributed by atoms with van der Waals surface area (Å²) < 4.78 is 6.12. The van der Waals surface area contributed by atoms with Gasteiger partial charge in [-0.2, -0.15) is 4.98 Å². The molecule has 0 spiro atoms. The number of halogens is 1. The Balaban J connectivity index is 1.70. The van der Waals surface area contributed by atoms with Crippen molar-refractivity contribution in [1.82, 2.24) is 15.5 Å². The molecule has 0 saturated heterocycles. The largest absolute Gasteiger partial charge is 0.340 e. The van der Waals surface area contributed by atoms with E-state index in [-0.39, 0.29) is 0 Å². The fraction of sp³-hybridized carbons (Fsp3) is 0.231. The van der Waals surface area contributed by atoms with E-state index in [9.17, 15) is 0 Å². The van der Waals surface area contributed by atoms with Gasteiger partial charge < -0.3 is 9.84 Å². The third-order valence-corrected chi connectivity index (χ3v) is 4.45. The third kappa shape index (κ3) is 2.63. The third-order valence-electron chi connectivity index (χ3n) is 2.74. The number of aromatic nitrogens is 2. The molecule has 0 aliphatic rings. The Morgan fingerprint density at radius 1 is 1.32 bits per heavy atom. The molecule has 0 radical (unpaired) electrons. The number of nitrogens with zero attached hydrogens (tertiary/aromatic N) is 2. The predicted molar refractivity (Wildman–Crippen MR) is 76.4 cm³/mol. The molecule has 98 valence electrons. The minimum atomic E-state index is 0.571. The van der Waals surface area contributed by atoms with Crippen molar-refractivity contribution in [2.24, 2.45) is 0 Å². The van der Waals surface area contributed by atoms with E-state index in [0.717, 1.165) is 15.3 Å². The first-order chi connectivity index (χ1) is 9.24. The van der Waals surface area contributed by atoms with Crippen LogP contribution in [0.4, 0.5) is 0 Å². The molecule has 3 rings (SSSR count). The van der Waals surface area contributed by atoms with Crippen molar-refractivity contribution < 1.29 is 4.52 Å². The van der Waals surface area contributed by atoms with Crippen molar-refractivity contribution in [3.8, 4) is 0 Å². The van der Waals surface area contributed by atoms with E-state index >= 15 is 0 Å². The van der Waals surface area contributed by atoms with Gasteiger partial charge in [0.15, 0.2) is 5.82 Å². The van der Waals surface area contributed by atoms with Gasteiger partial charge in [-0.25, -0.2) is 0 Å². The Morgan fingerprint density at radius 2 is 2.16 bits per heavy atom. The van der Waals surface area contributed by atoms with Crippen LogP contribution in [0, 0.1) is 6.92 Å². The SMILES string of the molecule is Cc1nc(CNCc2sc3ccccc3c2Cl)no1. The van der Waals surface area contributed by atoms with Gasteiger partial charge in [0.1, 0.15) is 0 Å². The van der Waals surface area contributed by atoms with E-state index in [1.165, 1.54) is 4.70 Å². The highest BCUT2D eigenvalue weighted by molar-refractivity contribution is 7.19. The van der Waals surface area contributed by atoms with E-state index in [4.69, 9.17) is 16.1 Å². The summed E-state index contributed by atoms with van der Waals surface area (Å²) in [6.45, 7) is 3.05. The predicted octanol–water partition coefficient (Wildman–Crippen LogP) is 3.54. The van der Waals surface area contributed by atoms with Crippen LogP contribution in [0.15, 0.2) is 28.8 Å². The molecule has 0 saturated carbocycles. The van der Waals surface area contributed by atoms with Crippen LogP contribution in [0.2, 0.25) is 5.02 Å². The molecular weight excluding hydrogens is 282 g/mol. The van der Waals surface area contributed by atoms with Gasteiger partial charge in [0.05, 0.1) is 11.6 Å². The normalized spacial score (nSPS) is 11.3. The van der Waals surface area contributed by atoms with Gasteiger partial charge in [-0.3, -0.25) is 0 Å². The molecule has 2 heterocycles. The maximum Gasteiger partial charge on any atom is 0.223 e. The number of aryl methyl sites for hydroxylation is 1. The van der Waals surface area contributed by atoms with E-state index in [1.807, 2.05) is 18.2 Å². The zero-order valence-electron chi connectivity index (χ0n) is 10.3. The summed E-state index contributed by atoms with van der Waals surface area (Å²) in [5.41, 5.74) is 0. The van der Waals surface area contributed by atoms with Crippen LogP contribution >= 0.6 is 22.9 Å². The molecule has 3 aromatic rings. The number of rotatable bonds is 4. The zero-order chi connectivity index (χ0) is 13.2. The fourth-order valence-electron chi connectivity index (χ4n) is 1.88. The number of fused-ring (bicyclic) bond motifs is 1. The molecule has 0 unspecified atom stereocenters. The Morgan fingerprint density at radius 3 is 2.89 bits per heavy atom. The monoisotopic (exact) mass is 293 g/mol. The maximum atomic E-state index is 6.36. The van der Waals surface area contributed by atoms with Crippen LogP contribution in [0.25, 0.3) is 10.1 Å². The summed E-state index contributed by atoms with van der Waals surface area (Å²) in [7, 11) is 0. The molecule has 0 amide bonds. The summed E-state index contributed by atoms with van der Waals surface area (Å²) in [5.74, 6) is 1.24. The van der Waals surface area contributed by atoms with Crippen molar-refractivity contribution >= 4 is 33.0 Å². The Bertz CT molecular complexity index is 707. The Kier molecular flexibility index (Phi) is 3.50. The topological polar surface area (TPSA) is 51.0 Å². The maximum absolute atomic E-state index is 6.36. The highest BCUT2D eigenvalue weighted by Crippen LogP contribution is 2.34. The van der Waals surface area contributed by atoms with Crippen molar-refractivity contribution in [1.29, 1.82) is 0 Å². The highest BCUT2D eigenvalue weighted by atomic mass is 35.5. The minimum Gasteiger partial charge on any atom is -0.340 e. The van der Waals surface area contributed by atoms with E-state index in [1.54, 1.807) is 18.3 Å². The second-order valence-corrected chi connectivity index (χ2v) is 5.68. The number of benzene rings is 1. The van der Waals surface area contributed by atoms with Gasteiger partial charge in [-0.1, -0.05) is 35.0 Å². The molecule has 2 aromatic heterocycles. The average Bonchev–Trinajstić information content (AvgIpc) is 2.96. The van der Waals surface area contributed by atoms with Crippen LogP contribution in [0.5, 0.6) is 0 Å². The summed E-state index contributed by atoms with van der Waals surface area (Å²) in [4.78, 5) is 5.27.